The quantitative estimate of drug-likeness (QED) is 0.757. The van der Waals surface area contributed by atoms with Gasteiger partial charge in [-0.05, 0) is 19.8 Å². The van der Waals surface area contributed by atoms with Crippen LogP contribution in [0.3, 0.4) is 0 Å². The molecule has 0 amide bonds. The highest BCUT2D eigenvalue weighted by molar-refractivity contribution is 5.90. The fourth-order valence-corrected chi connectivity index (χ4v) is 3.65. The number of fused-ring (bicyclic) bond motifs is 1. The molecule has 1 fully saturated rings. The smallest absolute Gasteiger partial charge is 0.331 e. The molecular weight excluding hydrogens is 332 g/mol. The van der Waals surface area contributed by atoms with Crippen molar-refractivity contribution in [1.82, 2.24) is 13.7 Å². The third kappa shape index (κ3) is 2.59. The van der Waals surface area contributed by atoms with Gasteiger partial charge < -0.3 is 15.2 Å². The molecule has 1 atom stereocenters. The van der Waals surface area contributed by atoms with E-state index in [9.17, 15) is 14.9 Å². The van der Waals surface area contributed by atoms with Crippen molar-refractivity contribution in [2.45, 2.75) is 32.4 Å². The van der Waals surface area contributed by atoms with Crippen LogP contribution in [-0.4, -0.2) is 32.8 Å². The number of anilines is 1. The molecule has 3 rings (SSSR count). The maximum absolute atomic E-state index is 12.8. The summed E-state index contributed by atoms with van der Waals surface area (Å²) in [6.07, 6.45) is 1.83. The molecule has 2 aromatic rings. The maximum Gasteiger partial charge on any atom is 0.331 e. The van der Waals surface area contributed by atoms with Gasteiger partial charge in [0.1, 0.15) is 23.0 Å². The summed E-state index contributed by atoms with van der Waals surface area (Å²) in [5.41, 5.74) is 6.24. The van der Waals surface area contributed by atoms with Crippen molar-refractivity contribution in [3.8, 4) is 17.9 Å². The normalized spacial score (nSPS) is 17.0. The summed E-state index contributed by atoms with van der Waals surface area (Å²) in [5.74, 6) is 6.43. The molecule has 2 N–H and O–H groups in total. The van der Waals surface area contributed by atoms with Crippen molar-refractivity contribution in [3.63, 3.8) is 0 Å². The summed E-state index contributed by atoms with van der Waals surface area (Å²) in [7, 11) is 3.02. The Morgan fingerprint density at radius 1 is 1.23 bits per heavy atom. The third-order valence-corrected chi connectivity index (χ3v) is 4.91. The third-order valence-electron chi connectivity index (χ3n) is 4.91. The zero-order valence-corrected chi connectivity index (χ0v) is 15.2. The maximum atomic E-state index is 12.8. The first kappa shape index (κ1) is 17.8. The Kier molecular flexibility index (Phi) is 4.62. The minimum absolute atomic E-state index is 0.00525. The lowest BCUT2D eigenvalue weighted by Crippen LogP contribution is -2.44. The van der Waals surface area contributed by atoms with E-state index in [2.05, 4.69) is 17.9 Å². The van der Waals surface area contributed by atoms with E-state index >= 15 is 0 Å². The molecule has 8 heteroatoms. The summed E-state index contributed by atoms with van der Waals surface area (Å²) in [4.78, 5) is 27.3. The molecule has 136 valence electrons. The number of nitrogens with zero attached hydrogens (tertiary/aromatic N) is 5. The first-order chi connectivity index (χ1) is 12.4. The summed E-state index contributed by atoms with van der Waals surface area (Å²) in [6.45, 7) is 3.33. The Bertz CT molecular complexity index is 1090. The van der Waals surface area contributed by atoms with Gasteiger partial charge in [0.25, 0.3) is 5.56 Å². The average molecular weight is 354 g/mol. The van der Waals surface area contributed by atoms with E-state index in [1.807, 2.05) is 4.90 Å². The number of hydrogen-bond acceptors (Lipinski definition) is 5. The second-order valence-electron chi connectivity index (χ2n) is 6.57. The minimum Gasteiger partial charge on any atom is -0.355 e. The van der Waals surface area contributed by atoms with Crippen molar-refractivity contribution in [2.75, 3.05) is 18.0 Å². The Labute approximate surface area is 151 Å². The number of aryl methyl sites for hydroxylation is 1. The zero-order valence-electron chi connectivity index (χ0n) is 15.2. The number of aromatic nitrogens is 3. The summed E-state index contributed by atoms with van der Waals surface area (Å²) < 4.78 is 4.17. The second-order valence-corrected chi connectivity index (χ2v) is 6.57. The first-order valence-corrected chi connectivity index (χ1v) is 8.54. The molecule has 0 saturated carbocycles. The number of nitrogens with two attached hydrogens (primary N) is 1. The molecule has 0 aliphatic carbocycles. The van der Waals surface area contributed by atoms with E-state index in [0.717, 1.165) is 24.0 Å². The van der Waals surface area contributed by atoms with Crippen LogP contribution in [0, 0.1) is 23.2 Å². The molecule has 26 heavy (non-hydrogen) atoms. The highest BCUT2D eigenvalue weighted by Crippen LogP contribution is 2.31. The number of nitriles is 1. The largest absolute Gasteiger partial charge is 0.355 e. The van der Waals surface area contributed by atoms with Gasteiger partial charge >= 0.3 is 5.69 Å². The van der Waals surface area contributed by atoms with Crippen LogP contribution in [-0.2, 0) is 20.6 Å². The van der Waals surface area contributed by atoms with E-state index in [1.54, 1.807) is 18.5 Å². The van der Waals surface area contributed by atoms with Crippen LogP contribution in [0.25, 0.3) is 11.0 Å². The lowest BCUT2D eigenvalue weighted by atomic mass is 10.1. The van der Waals surface area contributed by atoms with Gasteiger partial charge in [-0.25, -0.2) is 4.79 Å². The minimum atomic E-state index is -0.459. The molecule has 1 unspecified atom stereocenters. The van der Waals surface area contributed by atoms with Gasteiger partial charge in [-0.2, -0.15) is 5.26 Å². The molecule has 0 spiro atoms. The topological polar surface area (TPSA) is 102 Å². The number of rotatable bonds is 2. The molecule has 3 heterocycles. The zero-order chi connectivity index (χ0) is 19.0. The molecule has 0 aromatic carbocycles. The predicted molar refractivity (Wildman–Crippen MR) is 100 cm³/mol. The van der Waals surface area contributed by atoms with Crippen molar-refractivity contribution >= 4 is 16.9 Å². The van der Waals surface area contributed by atoms with Gasteiger partial charge in [0.15, 0.2) is 0 Å². The van der Waals surface area contributed by atoms with Crippen LogP contribution in [0.4, 0.5) is 5.82 Å². The predicted octanol–water partition coefficient (Wildman–Crippen LogP) is -0.139. The van der Waals surface area contributed by atoms with Crippen molar-refractivity contribution in [3.05, 3.63) is 26.4 Å². The lowest BCUT2D eigenvalue weighted by molar-refractivity contribution is 0.499. The highest BCUT2D eigenvalue weighted by atomic mass is 16.2. The van der Waals surface area contributed by atoms with Crippen LogP contribution in [0.2, 0.25) is 0 Å². The average Bonchev–Trinajstić information content (AvgIpc) is 2.97. The van der Waals surface area contributed by atoms with Gasteiger partial charge in [-0.3, -0.25) is 13.9 Å². The molecule has 2 aromatic heterocycles. The van der Waals surface area contributed by atoms with E-state index in [-0.39, 0.29) is 12.6 Å². The summed E-state index contributed by atoms with van der Waals surface area (Å²) in [6, 6.07) is 2.21. The number of piperidine rings is 1. The van der Waals surface area contributed by atoms with Gasteiger partial charge in [0, 0.05) is 33.2 Å². The molecule has 1 aliphatic rings. The molecule has 0 radical (unpaired) electrons. The molecule has 0 bridgehead atoms. The first-order valence-electron chi connectivity index (χ1n) is 8.54. The van der Waals surface area contributed by atoms with Crippen molar-refractivity contribution < 1.29 is 0 Å². The summed E-state index contributed by atoms with van der Waals surface area (Å²) >= 11 is 0. The van der Waals surface area contributed by atoms with Crippen molar-refractivity contribution in [1.29, 1.82) is 5.26 Å². The van der Waals surface area contributed by atoms with E-state index in [0.29, 0.717) is 29.0 Å². The fourth-order valence-electron chi connectivity index (χ4n) is 3.65. The van der Waals surface area contributed by atoms with E-state index in [1.165, 1.54) is 11.6 Å². The fraction of sp³-hybridized carbons (Fsp3) is 0.500. The molecule has 1 saturated heterocycles. The van der Waals surface area contributed by atoms with Crippen LogP contribution in [0.15, 0.2) is 9.59 Å². The van der Waals surface area contributed by atoms with Crippen LogP contribution in [0.5, 0.6) is 0 Å². The van der Waals surface area contributed by atoms with Crippen LogP contribution < -0.4 is 21.9 Å². The Balaban J connectivity index is 2.45. The molecular formula is C18H22N6O2. The monoisotopic (exact) mass is 354 g/mol. The van der Waals surface area contributed by atoms with E-state index < -0.39 is 11.2 Å². The van der Waals surface area contributed by atoms with Crippen LogP contribution >= 0.6 is 0 Å². The Morgan fingerprint density at radius 3 is 2.58 bits per heavy atom. The SMILES string of the molecule is CC#CCn1c(N2CCCC(N)C2)c(C#N)c2c1c(=O)n(C)c(=O)n2C. The number of hydrogen-bond donors (Lipinski definition) is 1. The standard InChI is InChI=1S/C18H22N6O2/c1-4-5-9-24-15-14(21(2)18(26)22(3)17(15)25)13(10-19)16(24)23-8-6-7-12(20)11-23/h12H,6-9,11,20H2,1-3H3. The second kappa shape index (κ2) is 6.74. The Hall–Kier alpha value is -2.97. The van der Waals surface area contributed by atoms with Gasteiger partial charge in [0.2, 0.25) is 0 Å². The summed E-state index contributed by atoms with van der Waals surface area (Å²) in [5, 5.41) is 9.85. The lowest BCUT2D eigenvalue weighted by Gasteiger charge is -2.33. The van der Waals surface area contributed by atoms with E-state index in [4.69, 9.17) is 5.73 Å². The van der Waals surface area contributed by atoms with Gasteiger partial charge in [0.05, 0.1) is 12.1 Å². The van der Waals surface area contributed by atoms with Crippen molar-refractivity contribution in [2.24, 2.45) is 19.8 Å². The van der Waals surface area contributed by atoms with Crippen LogP contribution in [0.1, 0.15) is 25.3 Å². The van der Waals surface area contributed by atoms with Gasteiger partial charge in [-0.1, -0.05) is 5.92 Å². The molecule has 1 aliphatic heterocycles. The molecule has 8 nitrogen and oxygen atoms in total. The Morgan fingerprint density at radius 2 is 1.96 bits per heavy atom. The highest BCUT2D eigenvalue weighted by Gasteiger charge is 2.29. The van der Waals surface area contributed by atoms with Gasteiger partial charge in [-0.15, -0.1) is 5.92 Å².